The molecule has 0 saturated carbocycles. The van der Waals surface area contributed by atoms with Crippen LogP contribution < -0.4 is 0 Å². The van der Waals surface area contributed by atoms with Crippen molar-refractivity contribution in [3.05, 3.63) is 0 Å². The van der Waals surface area contributed by atoms with Gasteiger partial charge in [-0.25, -0.2) is 0 Å². The van der Waals surface area contributed by atoms with Crippen LogP contribution in [0.2, 0.25) is 0 Å². The number of carboxylic acids is 1. The summed E-state index contributed by atoms with van der Waals surface area (Å²) in [5.74, 6) is 0.161. The van der Waals surface area contributed by atoms with Crippen LogP contribution in [0.1, 0.15) is 33.6 Å². The third-order valence-electron chi connectivity index (χ3n) is 4.93. The van der Waals surface area contributed by atoms with Crippen molar-refractivity contribution in [1.82, 2.24) is 9.80 Å². The molecule has 1 N–H and O–H groups in total. The molecule has 124 valence electrons. The molecular weight excluding hydrogens is 304 g/mol. The molecule has 0 radical (unpaired) electrons. The molecule has 22 heavy (non-hydrogen) atoms. The van der Waals surface area contributed by atoms with Gasteiger partial charge in [-0.2, -0.15) is 0 Å². The highest BCUT2D eigenvalue weighted by molar-refractivity contribution is 7.99. The van der Waals surface area contributed by atoms with E-state index < -0.39 is 17.4 Å². The van der Waals surface area contributed by atoms with Crippen molar-refractivity contribution < 1.29 is 19.5 Å². The molecule has 2 fully saturated rings. The van der Waals surface area contributed by atoms with Gasteiger partial charge in [-0.05, 0) is 12.3 Å². The lowest BCUT2D eigenvalue weighted by molar-refractivity contribution is -0.152. The number of hydrogen-bond donors (Lipinski definition) is 1. The van der Waals surface area contributed by atoms with Gasteiger partial charge in [0.25, 0.3) is 0 Å². The summed E-state index contributed by atoms with van der Waals surface area (Å²) in [6, 6.07) is -0.436. The Morgan fingerprint density at radius 2 is 2.05 bits per heavy atom. The molecule has 0 aromatic heterocycles. The second kappa shape index (κ2) is 6.48. The zero-order valence-electron chi connectivity index (χ0n) is 13.4. The second-order valence-electron chi connectivity index (χ2n) is 6.36. The van der Waals surface area contributed by atoms with Crippen LogP contribution in [-0.2, 0) is 14.4 Å². The number of carbonyl (C=O) groups is 3. The zero-order valence-corrected chi connectivity index (χ0v) is 14.2. The third-order valence-corrected chi connectivity index (χ3v) is 5.95. The van der Waals surface area contributed by atoms with Crippen LogP contribution in [0, 0.1) is 11.3 Å². The molecule has 2 atom stereocenters. The summed E-state index contributed by atoms with van der Waals surface area (Å²) in [5.41, 5.74) is -0.860. The average molecular weight is 328 g/mol. The smallest absolute Gasteiger partial charge is 0.311 e. The van der Waals surface area contributed by atoms with E-state index in [9.17, 15) is 19.5 Å². The van der Waals surface area contributed by atoms with E-state index in [-0.39, 0.29) is 24.3 Å². The van der Waals surface area contributed by atoms with Crippen molar-refractivity contribution in [1.29, 1.82) is 0 Å². The van der Waals surface area contributed by atoms with Crippen molar-refractivity contribution in [2.45, 2.75) is 39.7 Å². The van der Waals surface area contributed by atoms with Crippen LogP contribution in [0.4, 0.5) is 0 Å². The van der Waals surface area contributed by atoms with Crippen LogP contribution in [0.25, 0.3) is 0 Å². The van der Waals surface area contributed by atoms with E-state index in [0.29, 0.717) is 31.0 Å². The first-order chi connectivity index (χ1) is 10.3. The Morgan fingerprint density at radius 3 is 2.55 bits per heavy atom. The summed E-state index contributed by atoms with van der Waals surface area (Å²) in [6.45, 7) is 6.27. The summed E-state index contributed by atoms with van der Waals surface area (Å²) < 4.78 is 0. The standard InChI is InChI=1S/C15H24N2O4S/c1-4-12(18)17-9-22-7-11(17)13(19)16-6-5-15(8-16,10(2)3)14(20)21/h10-11H,4-9H2,1-3H3,(H,20,21). The van der Waals surface area contributed by atoms with E-state index in [2.05, 4.69) is 0 Å². The Hall–Kier alpha value is -1.24. The first-order valence-electron chi connectivity index (χ1n) is 7.73. The summed E-state index contributed by atoms with van der Waals surface area (Å²) in [7, 11) is 0. The van der Waals surface area contributed by atoms with Gasteiger partial charge in [0.1, 0.15) is 6.04 Å². The SMILES string of the molecule is CCC(=O)N1CSCC1C(=O)N1CCC(C(=O)O)(C(C)C)C1. The maximum atomic E-state index is 12.7. The molecule has 2 heterocycles. The fourth-order valence-electron chi connectivity index (χ4n) is 3.22. The molecule has 0 aromatic rings. The van der Waals surface area contributed by atoms with Crippen LogP contribution in [0.3, 0.4) is 0 Å². The van der Waals surface area contributed by atoms with E-state index in [1.165, 1.54) is 0 Å². The van der Waals surface area contributed by atoms with Gasteiger partial charge in [-0.15, -0.1) is 11.8 Å². The first kappa shape index (κ1) is 17.1. The Balaban J connectivity index is 2.11. The van der Waals surface area contributed by atoms with E-state index in [0.717, 1.165) is 0 Å². The summed E-state index contributed by atoms with van der Waals surface area (Å²) in [4.78, 5) is 39.6. The minimum Gasteiger partial charge on any atom is -0.481 e. The van der Waals surface area contributed by atoms with Gasteiger partial charge in [0.2, 0.25) is 11.8 Å². The maximum Gasteiger partial charge on any atom is 0.311 e. The van der Waals surface area contributed by atoms with Crippen LogP contribution in [0.15, 0.2) is 0 Å². The van der Waals surface area contributed by atoms with Gasteiger partial charge in [0.15, 0.2) is 0 Å². The molecule has 2 aliphatic rings. The topological polar surface area (TPSA) is 77.9 Å². The average Bonchev–Trinajstić information content (AvgIpc) is 3.13. The van der Waals surface area contributed by atoms with Crippen molar-refractivity contribution in [3.8, 4) is 0 Å². The van der Waals surface area contributed by atoms with Crippen LogP contribution in [0.5, 0.6) is 0 Å². The van der Waals surface area contributed by atoms with Gasteiger partial charge >= 0.3 is 5.97 Å². The number of carboxylic acid groups (broad SMARTS) is 1. The highest BCUT2D eigenvalue weighted by Crippen LogP contribution is 2.39. The monoisotopic (exact) mass is 328 g/mol. The third kappa shape index (κ3) is 2.83. The van der Waals surface area contributed by atoms with Gasteiger partial charge in [0.05, 0.1) is 11.3 Å². The number of carbonyl (C=O) groups excluding carboxylic acids is 2. The summed E-state index contributed by atoms with van der Waals surface area (Å²) in [5, 5.41) is 9.57. The van der Waals surface area contributed by atoms with Crippen molar-refractivity contribution in [2.24, 2.45) is 11.3 Å². The fraction of sp³-hybridized carbons (Fsp3) is 0.800. The van der Waals surface area contributed by atoms with Gasteiger partial charge in [-0.1, -0.05) is 20.8 Å². The normalized spacial score (nSPS) is 28.5. The minimum atomic E-state index is -0.860. The highest BCUT2D eigenvalue weighted by atomic mass is 32.2. The Labute approximate surface area is 135 Å². The predicted octanol–water partition coefficient (Wildman–Crippen LogP) is 1.26. The maximum absolute atomic E-state index is 12.7. The Kier molecular flexibility index (Phi) is 5.04. The van der Waals surface area contributed by atoms with E-state index in [4.69, 9.17) is 0 Å². The first-order valence-corrected chi connectivity index (χ1v) is 8.88. The number of likely N-dealkylation sites (tertiary alicyclic amines) is 1. The van der Waals surface area contributed by atoms with Gasteiger partial charge in [0, 0.05) is 25.3 Å². The number of rotatable bonds is 4. The van der Waals surface area contributed by atoms with E-state index >= 15 is 0 Å². The van der Waals surface area contributed by atoms with Gasteiger partial charge < -0.3 is 14.9 Å². The largest absolute Gasteiger partial charge is 0.481 e. The fourth-order valence-corrected chi connectivity index (χ4v) is 4.39. The van der Waals surface area contributed by atoms with Crippen LogP contribution in [-0.4, -0.2) is 63.5 Å². The highest BCUT2D eigenvalue weighted by Gasteiger charge is 2.50. The molecule has 2 rings (SSSR count). The van der Waals surface area contributed by atoms with Crippen molar-refractivity contribution >= 4 is 29.5 Å². The van der Waals surface area contributed by atoms with Crippen molar-refractivity contribution in [3.63, 3.8) is 0 Å². The Morgan fingerprint density at radius 1 is 1.36 bits per heavy atom. The predicted molar refractivity (Wildman–Crippen MR) is 84.4 cm³/mol. The zero-order chi connectivity index (χ0) is 16.5. The summed E-state index contributed by atoms with van der Waals surface area (Å²) >= 11 is 1.57. The molecule has 2 amide bonds. The molecule has 6 nitrogen and oxygen atoms in total. The van der Waals surface area contributed by atoms with Gasteiger partial charge in [-0.3, -0.25) is 14.4 Å². The van der Waals surface area contributed by atoms with E-state index in [1.807, 2.05) is 13.8 Å². The molecule has 0 aliphatic carbocycles. The van der Waals surface area contributed by atoms with E-state index in [1.54, 1.807) is 28.5 Å². The number of amides is 2. The molecule has 2 unspecified atom stereocenters. The molecule has 7 heteroatoms. The summed E-state index contributed by atoms with van der Waals surface area (Å²) in [6.07, 6.45) is 0.864. The molecule has 0 spiro atoms. The minimum absolute atomic E-state index is 0.0177. The molecule has 2 saturated heterocycles. The number of hydrogen-bond acceptors (Lipinski definition) is 4. The molecule has 2 aliphatic heterocycles. The number of thioether (sulfide) groups is 1. The molecule has 0 aromatic carbocycles. The number of nitrogens with zero attached hydrogens (tertiary/aromatic N) is 2. The molecular formula is C15H24N2O4S. The lowest BCUT2D eigenvalue weighted by Gasteiger charge is -2.30. The van der Waals surface area contributed by atoms with Crippen molar-refractivity contribution in [2.75, 3.05) is 24.7 Å². The number of aliphatic carboxylic acids is 1. The molecule has 0 bridgehead atoms. The lowest BCUT2D eigenvalue weighted by atomic mass is 9.76. The quantitative estimate of drug-likeness (QED) is 0.840. The second-order valence-corrected chi connectivity index (χ2v) is 7.36. The Bertz CT molecular complexity index is 482. The van der Waals surface area contributed by atoms with Crippen LogP contribution >= 0.6 is 11.8 Å². The lowest BCUT2D eigenvalue weighted by Crippen LogP contribution is -2.49.